The summed E-state index contributed by atoms with van der Waals surface area (Å²) in [6, 6.07) is 20.7. The third kappa shape index (κ3) is 4.81. The predicted octanol–water partition coefficient (Wildman–Crippen LogP) is 6.39. The van der Waals surface area contributed by atoms with Crippen LogP contribution in [0.3, 0.4) is 0 Å². The van der Waals surface area contributed by atoms with Crippen molar-refractivity contribution in [2.75, 3.05) is 12.8 Å². The highest BCUT2D eigenvalue weighted by atomic mass is 32.2. The minimum absolute atomic E-state index is 0.0185. The van der Waals surface area contributed by atoms with Gasteiger partial charge in [-0.1, -0.05) is 42.5 Å². The fourth-order valence-corrected chi connectivity index (χ4v) is 5.05. The lowest BCUT2D eigenvalue weighted by molar-refractivity contribution is -0.137. The molecule has 5 rings (SSSR count). The van der Waals surface area contributed by atoms with Crippen LogP contribution in [-0.2, 0) is 17.0 Å². The molecule has 0 amide bonds. The van der Waals surface area contributed by atoms with Gasteiger partial charge < -0.3 is 5.32 Å². The number of nitrogens with zero attached hydrogens (tertiary/aromatic N) is 2. The van der Waals surface area contributed by atoms with Crippen molar-refractivity contribution in [1.29, 1.82) is 0 Å². The third-order valence-corrected chi connectivity index (χ3v) is 7.18. The summed E-state index contributed by atoms with van der Waals surface area (Å²) in [4.78, 5) is 5.43. The molecule has 1 N–H and O–H groups in total. The predicted molar refractivity (Wildman–Crippen MR) is 132 cm³/mol. The Morgan fingerprint density at radius 3 is 2.46 bits per heavy atom. The Labute approximate surface area is 204 Å². The first kappa shape index (κ1) is 23.5. The summed E-state index contributed by atoms with van der Waals surface area (Å²) in [5.41, 5.74) is 2.64. The average Bonchev–Trinajstić information content (AvgIpc) is 3.54. The van der Waals surface area contributed by atoms with Crippen molar-refractivity contribution in [3.05, 3.63) is 90.3 Å². The SMILES string of the molecule is CS(=O)c1cccc(-c2ccc(-n3cc(C4CCCN4)nc3-c3ccccc3C(F)(F)F)cc2)c1. The number of alkyl halides is 3. The Morgan fingerprint density at radius 2 is 1.77 bits per heavy atom. The minimum Gasteiger partial charge on any atom is -0.309 e. The Morgan fingerprint density at radius 1 is 1.00 bits per heavy atom. The molecule has 1 aliphatic heterocycles. The van der Waals surface area contributed by atoms with Gasteiger partial charge in [0.05, 0.1) is 17.3 Å². The second-order valence-electron chi connectivity index (χ2n) is 8.58. The van der Waals surface area contributed by atoms with Gasteiger partial charge in [-0.2, -0.15) is 13.2 Å². The number of hydrogen-bond donors (Lipinski definition) is 1. The van der Waals surface area contributed by atoms with Gasteiger partial charge in [-0.3, -0.25) is 8.78 Å². The molecule has 180 valence electrons. The number of benzene rings is 3. The zero-order valence-electron chi connectivity index (χ0n) is 19.0. The molecule has 1 aromatic heterocycles. The molecule has 2 atom stereocenters. The van der Waals surface area contributed by atoms with Crippen molar-refractivity contribution < 1.29 is 17.4 Å². The third-order valence-electron chi connectivity index (χ3n) is 6.26. The smallest absolute Gasteiger partial charge is 0.309 e. The molecule has 1 aliphatic rings. The van der Waals surface area contributed by atoms with E-state index in [4.69, 9.17) is 4.98 Å². The first-order chi connectivity index (χ1) is 16.8. The molecule has 4 aromatic rings. The van der Waals surface area contributed by atoms with Crippen molar-refractivity contribution in [2.24, 2.45) is 0 Å². The molecule has 4 nitrogen and oxygen atoms in total. The fourth-order valence-electron chi connectivity index (χ4n) is 4.48. The molecule has 0 saturated carbocycles. The Balaban J connectivity index is 1.60. The van der Waals surface area contributed by atoms with Crippen LogP contribution in [0.15, 0.2) is 83.9 Å². The molecular formula is C27H24F3N3OS. The molecule has 0 aliphatic carbocycles. The molecule has 8 heteroatoms. The van der Waals surface area contributed by atoms with Crippen molar-refractivity contribution >= 4 is 10.8 Å². The normalized spacial score (nSPS) is 17.0. The van der Waals surface area contributed by atoms with Gasteiger partial charge in [-0.05, 0) is 60.8 Å². The number of nitrogens with one attached hydrogen (secondary N) is 1. The van der Waals surface area contributed by atoms with E-state index in [1.54, 1.807) is 16.9 Å². The van der Waals surface area contributed by atoms with Crippen LogP contribution in [0, 0.1) is 0 Å². The van der Waals surface area contributed by atoms with Gasteiger partial charge in [-0.15, -0.1) is 0 Å². The summed E-state index contributed by atoms with van der Waals surface area (Å²) < 4.78 is 55.1. The molecular weight excluding hydrogens is 471 g/mol. The molecule has 3 aromatic carbocycles. The Kier molecular flexibility index (Phi) is 6.34. The van der Waals surface area contributed by atoms with Crippen LogP contribution in [0.25, 0.3) is 28.2 Å². The molecule has 2 heterocycles. The highest BCUT2D eigenvalue weighted by molar-refractivity contribution is 7.84. The number of rotatable bonds is 5. The van der Waals surface area contributed by atoms with Gasteiger partial charge in [-0.25, -0.2) is 4.98 Å². The summed E-state index contributed by atoms with van der Waals surface area (Å²) in [6.45, 7) is 0.863. The summed E-state index contributed by atoms with van der Waals surface area (Å²) in [7, 11) is -1.09. The van der Waals surface area contributed by atoms with E-state index in [1.807, 2.05) is 54.7 Å². The second kappa shape index (κ2) is 9.43. The van der Waals surface area contributed by atoms with E-state index in [1.165, 1.54) is 12.1 Å². The highest BCUT2D eigenvalue weighted by Gasteiger charge is 2.35. The summed E-state index contributed by atoms with van der Waals surface area (Å²) >= 11 is 0. The quantitative estimate of drug-likeness (QED) is 0.349. The zero-order valence-corrected chi connectivity index (χ0v) is 19.9. The first-order valence-corrected chi connectivity index (χ1v) is 12.9. The minimum atomic E-state index is -4.49. The van der Waals surface area contributed by atoms with Gasteiger partial charge in [0.15, 0.2) is 0 Å². The topological polar surface area (TPSA) is 46.9 Å². The fraction of sp³-hybridized carbons (Fsp3) is 0.222. The van der Waals surface area contributed by atoms with E-state index in [0.717, 1.165) is 47.2 Å². The number of halogens is 3. The van der Waals surface area contributed by atoms with Gasteiger partial charge in [0.2, 0.25) is 0 Å². The molecule has 1 fully saturated rings. The number of hydrogen-bond acceptors (Lipinski definition) is 3. The molecule has 0 bridgehead atoms. The molecule has 2 unspecified atom stereocenters. The summed E-state index contributed by atoms with van der Waals surface area (Å²) in [6.07, 6.45) is 0.876. The zero-order chi connectivity index (χ0) is 24.6. The molecule has 1 saturated heterocycles. The van der Waals surface area contributed by atoms with E-state index in [-0.39, 0.29) is 17.4 Å². The maximum Gasteiger partial charge on any atom is 0.417 e. The van der Waals surface area contributed by atoms with Crippen molar-refractivity contribution in [3.63, 3.8) is 0 Å². The maximum atomic E-state index is 13.8. The van der Waals surface area contributed by atoms with Crippen LogP contribution in [-0.4, -0.2) is 26.6 Å². The van der Waals surface area contributed by atoms with Crippen LogP contribution in [0.4, 0.5) is 13.2 Å². The first-order valence-electron chi connectivity index (χ1n) is 11.3. The Hall–Kier alpha value is -3.23. The van der Waals surface area contributed by atoms with Crippen LogP contribution in [0.1, 0.15) is 30.1 Å². The van der Waals surface area contributed by atoms with Gasteiger partial charge >= 0.3 is 6.18 Å². The van der Waals surface area contributed by atoms with Gasteiger partial charge in [0, 0.05) is 39.4 Å². The lowest BCUT2D eigenvalue weighted by atomic mass is 10.0. The van der Waals surface area contributed by atoms with Gasteiger partial charge in [0.1, 0.15) is 5.82 Å². The second-order valence-corrected chi connectivity index (χ2v) is 9.96. The standard InChI is InChI=1S/C27H24F3N3OS/c1-35(34)21-7-4-6-19(16-21)18-11-13-20(14-12-18)33-17-25(24-10-5-15-31-24)32-26(33)22-8-2-3-9-23(22)27(28,29)30/h2-4,6-9,11-14,16-17,24,31H,5,10,15H2,1H3. The van der Waals surface area contributed by atoms with Crippen molar-refractivity contribution in [1.82, 2.24) is 14.9 Å². The average molecular weight is 496 g/mol. The summed E-state index contributed by atoms with van der Waals surface area (Å²) in [5, 5.41) is 3.38. The van der Waals surface area contributed by atoms with Crippen LogP contribution >= 0.6 is 0 Å². The van der Waals surface area contributed by atoms with Crippen molar-refractivity contribution in [2.45, 2.75) is 30.0 Å². The lowest BCUT2D eigenvalue weighted by Gasteiger charge is -2.14. The van der Waals surface area contributed by atoms with E-state index in [0.29, 0.717) is 5.69 Å². The van der Waals surface area contributed by atoms with E-state index >= 15 is 0 Å². The van der Waals surface area contributed by atoms with Crippen LogP contribution in [0.5, 0.6) is 0 Å². The number of aromatic nitrogens is 2. The van der Waals surface area contributed by atoms with E-state index < -0.39 is 22.5 Å². The monoisotopic (exact) mass is 495 g/mol. The molecule has 0 radical (unpaired) electrons. The largest absolute Gasteiger partial charge is 0.417 e. The van der Waals surface area contributed by atoms with Crippen LogP contribution in [0.2, 0.25) is 0 Å². The number of imidazole rings is 1. The van der Waals surface area contributed by atoms with Crippen molar-refractivity contribution in [3.8, 4) is 28.2 Å². The molecule has 0 spiro atoms. The van der Waals surface area contributed by atoms with Gasteiger partial charge in [0.25, 0.3) is 0 Å². The lowest BCUT2D eigenvalue weighted by Crippen LogP contribution is -2.13. The van der Waals surface area contributed by atoms with E-state index in [9.17, 15) is 17.4 Å². The Bertz CT molecular complexity index is 1370. The molecule has 35 heavy (non-hydrogen) atoms. The highest BCUT2D eigenvalue weighted by Crippen LogP contribution is 2.38. The van der Waals surface area contributed by atoms with Crippen LogP contribution < -0.4 is 5.32 Å². The summed E-state index contributed by atoms with van der Waals surface area (Å²) in [5.74, 6) is 0.262. The maximum absolute atomic E-state index is 13.8. The van der Waals surface area contributed by atoms with E-state index in [2.05, 4.69) is 5.32 Å².